The van der Waals surface area contributed by atoms with E-state index in [0.717, 1.165) is 10.7 Å². The summed E-state index contributed by atoms with van der Waals surface area (Å²) in [4.78, 5) is 26.7. The van der Waals surface area contributed by atoms with Gasteiger partial charge in [-0.3, -0.25) is 5.32 Å². The Morgan fingerprint density at radius 3 is 3.05 bits per heavy atom. The highest BCUT2D eigenvalue weighted by atomic mass is 32.1. The fourth-order valence-corrected chi connectivity index (χ4v) is 3.05. The van der Waals surface area contributed by atoms with Crippen LogP contribution in [0.3, 0.4) is 0 Å². The number of thiazole rings is 1. The number of nitrogens with one attached hydrogen (secondary N) is 1. The van der Waals surface area contributed by atoms with E-state index in [9.17, 15) is 4.79 Å². The molecule has 0 saturated carbocycles. The van der Waals surface area contributed by atoms with Gasteiger partial charge in [0.15, 0.2) is 0 Å². The molecular weight excluding hydrogens is 302 g/mol. The quantitative estimate of drug-likeness (QED) is 0.917. The van der Waals surface area contributed by atoms with Gasteiger partial charge in [-0.2, -0.15) is 0 Å². The first kappa shape index (κ1) is 14.9. The predicted molar refractivity (Wildman–Crippen MR) is 82.9 cm³/mol. The van der Waals surface area contributed by atoms with Crippen LogP contribution in [-0.4, -0.2) is 45.6 Å². The molecule has 0 aliphatic carbocycles. The number of nitrogens with zero attached hydrogens (tertiary/aromatic N) is 4. The maximum Gasteiger partial charge on any atom is 0.323 e. The summed E-state index contributed by atoms with van der Waals surface area (Å²) in [7, 11) is 0. The Morgan fingerprint density at radius 1 is 1.45 bits per heavy atom. The minimum absolute atomic E-state index is 0.162. The summed E-state index contributed by atoms with van der Waals surface area (Å²) in [5.41, 5.74) is 0.974. The molecule has 0 spiro atoms. The highest BCUT2D eigenvalue weighted by molar-refractivity contribution is 7.09. The van der Waals surface area contributed by atoms with Crippen LogP contribution in [0.1, 0.15) is 22.6 Å². The molecule has 2 amide bonds. The van der Waals surface area contributed by atoms with Gasteiger partial charge in [0.1, 0.15) is 22.8 Å². The van der Waals surface area contributed by atoms with Gasteiger partial charge in [-0.1, -0.05) is 0 Å². The van der Waals surface area contributed by atoms with E-state index in [1.54, 1.807) is 35.4 Å². The molecule has 0 bridgehead atoms. The highest BCUT2D eigenvalue weighted by Crippen LogP contribution is 2.25. The van der Waals surface area contributed by atoms with Gasteiger partial charge in [-0.25, -0.2) is 19.7 Å². The number of urea groups is 1. The molecule has 2 aromatic heterocycles. The Morgan fingerprint density at radius 2 is 2.32 bits per heavy atom. The van der Waals surface area contributed by atoms with E-state index in [1.165, 1.54) is 0 Å². The third-order valence-corrected chi connectivity index (χ3v) is 4.33. The summed E-state index contributed by atoms with van der Waals surface area (Å²) < 4.78 is 5.73. The van der Waals surface area contributed by atoms with Crippen molar-refractivity contribution in [2.24, 2.45) is 0 Å². The zero-order valence-corrected chi connectivity index (χ0v) is 13.3. The molecule has 7 nitrogen and oxygen atoms in total. The lowest BCUT2D eigenvalue weighted by Crippen LogP contribution is -2.44. The normalized spacial score (nSPS) is 18.3. The van der Waals surface area contributed by atoms with Gasteiger partial charge >= 0.3 is 6.03 Å². The number of morpholine rings is 1. The molecule has 3 heterocycles. The van der Waals surface area contributed by atoms with Crippen LogP contribution in [0.15, 0.2) is 17.6 Å². The standard InChI is InChI=1S/C14H17N5O2S/c1-9-8-22-13(16-9)11-7-19(5-6-21-11)14(20)18-12-3-4-15-10(2)17-12/h3-4,8,11H,5-7H2,1-2H3,(H,15,17,18,20). The molecule has 1 saturated heterocycles. The van der Waals surface area contributed by atoms with Crippen molar-refractivity contribution in [2.45, 2.75) is 20.0 Å². The molecule has 1 unspecified atom stereocenters. The molecule has 1 aliphatic rings. The third kappa shape index (κ3) is 3.40. The molecule has 1 aliphatic heterocycles. The minimum Gasteiger partial charge on any atom is -0.367 e. The van der Waals surface area contributed by atoms with E-state index in [-0.39, 0.29) is 12.1 Å². The van der Waals surface area contributed by atoms with Crippen molar-refractivity contribution in [2.75, 3.05) is 25.0 Å². The number of rotatable bonds is 2. The maximum absolute atomic E-state index is 12.3. The average molecular weight is 319 g/mol. The fourth-order valence-electron chi connectivity index (χ4n) is 2.22. The molecule has 1 N–H and O–H groups in total. The van der Waals surface area contributed by atoms with Gasteiger partial charge in [0.05, 0.1) is 13.2 Å². The lowest BCUT2D eigenvalue weighted by atomic mass is 10.3. The third-order valence-electron chi connectivity index (χ3n) is 3.28. The summed E-state index contributed by atoms with van der Waals surface area (Å²) >= 11 is 1.56. The zero-order valence-electron chi connectivity index (χ0n) is 12.4. The van der Waals surface area contributed by atoms with Gasteiger partial charge in [0.2, 0.25) is 0 Å². The maximum atomic E-state index is 12.3. The van der Waals surface area contributed by atoms with Crippen LogP contribution in [-0.2, 0) is 4.74 Å². The molecule has 116 valence electrons. The second kappa shape index (κ2) is 6.37. The van der Waals surface area contributed by atoms with E-state index in [1.807, 2.05) is 12.3 Å². The largest absolute Gasteiger partial charge is 0.367 e. The molecule has 1 atom stereocenters. The Kier molecular flexibility index (Phi) is 4.30. The number of aryl methyl sites for hydroxylation is 2. The predicted octanol–water partition coefficient (Wildman–Crippen LogP) is 2.16. The van der Waals surface area contributed by atoms with E-state index < -0.39 is 0 Å². The molecule has 1 fully saturated rings. The first-order chi connectivity index (χ1) is 10.6. The van der Waals surface area contributed by atoms with Crippen molar-refractivity contribution in [3.05, 3.63) is 34.2 Å². The molecule has 0 aromatic carbocycles. The Bertz CT molecular complexity index is 675. The lowest BCUT2D eigenvalue weighted by Gasteiger charge is -2.31. The lowest BCUT2D eigenvalue weighted by molar-refractivity contribution is -0.0136. The number of ether oxygens (including phenoxy) is 1. The van der Waals surface area contributed by atoms with Crippen molar-refractivity contribution in [3.63, 3.8) is 0 Å². The van der Waals surface area contributed by atoms with Gasteiger partial charge in [0, 0.05) is 23.8 Å². The van der Waals surface area contributed by atoms with Crippen molar-refractivity contribution in [1.82, 2.24) is 19.9 Å². The smallest absolute Gasteiger partial charge is 0.323 e. The van der Waals surface area contributed by atoms with Crippen LogP contribution in [0.25, 0.3) is 0 Å². The number of aromatic nitrogens is 3. The van der Waals surface area contributed by atoms with E-state index in [2.05, 4.69) is 20.3 Å². The van der Waals surface area contributed by atoms with E-state index >= 15 is 0 Å². The van der Waals surface area contributed by atoms with Gasteiger partial charge in [-0.05, 0) is 19.9 Å². The van der Waals surface area contributed by atoms with Crippen LogP contribution in [0.2, 0.25) is 0 Å². The number of anilines is 1. The van der Waals surface area contributed by atoms with Crippen LogP contribution in [0, 0.1) is 13.8 Å². The molecule has 0 radical (unpaired) electrons. The summed E-state index contributed by atoms with van der Waals surface area (Å²) in [5, 5.41) is 5.69. The molecular formula is C14H17N5O2S. The number of carbonyl (C=O) groups excluding carboxylic acids is 1. The van der Waals surface area contributed by atoms with Crippen molar-refractivity contribution < 1.29 is 9.53 Å². The minimum atomic E-state index is -0.181. The van der Waals surface area contributed by atoms with Crippen molar-refractivity contribution in [3.8, 4) is 0 Å². The second-order valence-corrected chi connectivity index (χ2v) is 5.94. The Hall–Kier alpha value is -2.06. The summed E-state index contributed by atoms with van der Waals surface area (Å²) in [6.45, 7) is 5.27. The van der Waals surface area contributed by atoms with Crippen LogP contribution in [0.5, 0.6) is 0 Å². The second-order valence-electron chi connectivity index (χ2n) is 5.05. The number of hydrogen-bond donors (Lipinski definition) is 1. The van der Waals surface area contributed by atoms with Gasteiger partial charge < -0.3 is 9.64 Å². The van der Waals surface area contributed by atoms with E-state index in [0.29, 0.717) is 31.3 Å². The highest BCUT2D eigenvalue weighted by Gasteiger charge is 2.27. The molecule has 8 heteroatoms. The number of carbonyl (C=O) groups is 1. The SMILES string of the molecule is Cc1csc(C2CN(C(=O)Nc3ccnc(C)n3)CCO2)n1. The topological polar surface area (TPSA) is 80.2 Å². The fraction of sp³-hybridized carbons (Fsp3) is 0.429. The van der Waals surface area contributed by atoms with Gasteiger partial charge in [-0.15, -0.1) is 11.3 Å². The number of amides is 2. The zero-order chi connectivity index (χ0) is 15.5. The summed E-state index contributed by atoms with van der Waals surface area (Å²) in [6, 6.07) is 1.49. The van der Waals surface area contributed by atoms with Crippen molar-refractivity contribution >= 4 is 23.2 Å². The summed E-state index contributed by atoms with van der Waals surface area (Å²) in [5.74, 6) is 1.13. The van der Waals surface area contributed by atoms with Gasteiger partial charge in [0.25, 0.3) is 0 Å². The van der Waals surface area contributed by atoms with Crippen LogP contribution < -0.4 is 5.32 Å². The Labute approximate surface area is 132 Å². The Balaban J connectivity index is 1.65. The van der Waals surface area contributed by atoms with Crippen LogP contribution >= 0.6 is 11.3 Å². The molecule has 3 rings (SSSR count). The van der Waals surface area contributed by atoms with Crippen LogP contribution in [0.4, 0.5) is 10.6 Å². The summed E-state index contributed by atoms with van der Waals surface area (Å²) in [6.07, 6.45) is 1.46. The van der Waals surface area contributed by atoms with Crippen molar-refractivity contribution in [1.29, 1.82) is 0 Å². The molecule has 22 heavy (non-hydrogen) atoms. The first-order valence-electron chi connectivity index (χ1n) is 7.01. The first-order valence-corrected chi connectivity index (χ1v) is 7.89. The van der Waals surface area contributed by atoms with E-state index in [4.69, 9.17) is 4.74 Å². The average Bonchev–Trinajstić information content (AvgIpc) is 2.94. The molecule has 2 aromatic rings. The monoisotopic (exact) mass is 319 g/mol. The number of hydrogen-bond acceptors (Lipinski definition) is 6.